The highest BCUT2D eigenvalue weighted by Gasteiger charge is 2.05. The minimum atomic E-state index is 0.550. The number of anilines is 1. The maximum atomic E-state index is 5.71. The molecule has 0 saturated heterocycles. The average Bonchev–Trinajstić information content (AvgIpc) is 2.46. The summed E-state index contributed by atoms with van der Waals surface area (Å²) < 4.78 is 13.0. The van der Waals surface area contributed by atoms with Crippen molar-refractivity contribution in [3.63, 3.8) is 0 Å². The molecule has 0 heterocycles. The quantitative estimate of drug-likeness (QED) is 0.712. The van der Waals surface area contributed by atoms with Gasteiger partial charge in [-0.3, -0.25) is 0 Å². The second-order valence-electron chi connectivity index (χ2n) is 4.02. The molecule has 0 bridgehead atoms. The van der Waals surface area contributed by atoms with Crippen LogP contribution in [0.1, 0.15) is 0 Å². The number of para-hydroxylation sites is 3. The average molecular weight is 401 g/mol. The third kappa shape index (κ3) is 3.90. The lowest BCUT2D eigenvalue weighted by molar-refractivity contribution is 0.306. The SMILES string of the molecule is COc1ccccc1OCCNc1c(Br)cccc1Br. The summed E-state index contributed by atoms with van der Waals surface area (Å²) >= 11 is 7.03. The maximum absolute atomic E-state index is 5.71. The Bertz CT molecular complexity index is 555. The van der Waals surface area contributed by atoms with E-state index in [2.05, 4.69) is 37.2 Å². The summed E-state index contributed by atoms with van der Waals surface area (Å²) in [4.78, 5) is 0. The number of methoxy groups -OCH3 is 1. The van der Waals surface area contributed by atoms with E-state index in [0.717, 1.165) is 26.1 Å². The van der Waals surface area contributed by atoms with E-state index in [1.54, 1.807) is 7.11 Å². The van der Waals surface area contributed by atoms with Crippen LogP contribution in [-0.2, 0) is 0 Å². The number of halogens is 2. The van der Waals surface area contributed by atoms with E-state index in [1.807, 2.05) is 42.5 Å². The van der Waals surface area contributed by atoms with Crippen molar-refractivity contribution in [3.05, 3.63) is 51.4 Å². The number of hydrogen-bond acceptors (Lipinski definition) is 3. The first-order chi connectivity index (χ1) is 9.72. The molecule has 1 N–H and O–H groups in total. The van der Waals surface area contributed by atoms with E-state index in [9.17, 15) is 0 Å². The van der Waals surface area contributed by atoms with Crippen LogP contribution in [0, 0.1) is 0 Å². The van der Waals surface area contributed by atoms with Gasteiger partial charge in [-0.25, -0.2) is 0 Å². The number of rotatable bonds is 6. The van der Waals surface area contributed by atoms with Crippen molar-refractivity contribution in [1.82, 2.24) is 0 Å². The fourth-order valence-corrected chi connectivity index (χ4v) is 3.02. The summed E-state index contributed by atoms with van der Waals surface area (Å²) in [6, 6.07) is 13.6. The first-order valence-electron chi connectivity index (χ1n) is 6.16. The zero-order valence-electron chi connectivity index (χ0n) is 11.0. The largest absolute Gasteiger partial charge is 0.493 e. The lowest BCUT2D eigenvalue weighted by Crippen LogP contribution is -2.12. The maximum Gasteiger partial charge on any atom is 0.161 e. The predicted octanol–water partition coefficient (Wildman–Crippen LogP) is 4.71. The standard InChI is InChI=1S/C15H15Br2NO2/c1-19-13-7-2-3-8-14(13)20-10-9-18-15-11(16)5-4-6-12(15)17/h2-8,18H,9-10H2,1H3. The molecule has 3 nitrogen and oxygen atoms in total. The van der Waals surface area contributed by atoms with Crippen LogP contribution in [0.3, 0.4) is 0 Å². The van der Waals surface area contributed by atoms with Gasteiger partial charge in [0.2, 0.25) is 0 Å². The molecule has 0 aromatic heterocycles. The minimum absolute atomic E-state index is 0.550. The zero-order valence-corrected chi connectivity index (χ0v) is 14.2. The van der Waals surface area contributed by atoms with Gasteiger partial charge in [0.15, 0.2) is 11.5 Å². The van der Waals surface area contributed by atoms with E-state index in [4.69, 9.17) is 9.47 Å². The highest BCUT2D eigenvalue weighted by Crippen LogP contribution is 2.30. The number of ether oxygens (including phenoxy) is 2. The first-order valence-corrected chi connectivity index (χ1v) is 7.74. The van der Waals surface area contributed by atoms with Gasteiger partial charge in [0.05, 0.1) is 12.8 Å². The molecule has 5 heteroatoms. The lowest BCUT2D eigenvalue weighted by Gasteiger charge is -2.13. The molecular weight excluding hydrogens is 386 g/mol. The number of benzene rings is 2. The second-order valence-corrected chi connectivity index (χ2v) is 5.73. The molecule has 0 fully saturated rings. The van der Waals surface area contributed by atoms with Crippen LogP contribution in [0.4, 0.5) is 5.69 Å². The Morgan fingerprint density at radius 3 is 2.25 bits per heavy atom. The van der Waals surface area contributed by atoms with Crippen molar-refractivity contribution in [1.29, 1.82) is 0 Å². The Morgan fingerprint density at radius 2 is 1.60 bits per heavy atom. The van der Waals surface area contributed by atoms with E-state index in [-0.39, 0.29) is 0 Å². The van der Waals surface area contributed by atoms with Crippen LogP contribution >= 0.6 is 31.9 Å². The Kier molecular flexibility index (Phi) is 5.73. The van der Waals surface area contributed by atoms with Crippen LogP contribution in [0.15, 0.2) is 51.4 Å². The summed E-state index contributed by atoms with van der Waals surface area (Å²) in [5, 5.41) is 3.33. The van der Waals surface area contributed by atoms with Gasteiger partial charge in [0, 0.05) is 15.5 Å². The summed E-state index contributed by atoms with van der Waals surface area (Å²) in [7, 11) is 1.64. The normalized spacial score (nSPS) is 10.2. The Balaban J connectivity index is 1.88. The van der Waals surface area contributed by atoms with Gasteiger partial charge in [0.1, 0.15) is 6.61 Å². The summed E-state index contributed by atoms with van der Waals surface area (Å²) in [6.07, 6.45) is 0. The van der Waals surface area contributed by atoms with Gasteiger partial charge >= 0.3 is 0 Å². The van der Waals surface area contributed by atoms with E-state index >= 15 is 0 Å². The van der Waals surface area contributed by atoms with Gasteiger partial charge in [0.25, 0.3) is 0 Å². The molecule has 2 aromatic rings. The van der Waals surface area contributed by atoms with Gasteiger partial charge in [-0.2, -0.15) is 0 Å². The first kappa shape index (κ1) is 15.2. The zero-order chi connectivity index (χ0) is 14.4. The highest BCUT2D eigenvalue weighted by molar-refractivity contribution is 9.11. The van der Waals surface area contributed by atoms with Crippen molar-refractivity contribution >= 4 is 37.5 Å². The Morgan fingerprint density at radius 1 is 0.950 bits per heavy atom. The molecule has 20 heavy (non-hydrogen) atoms. The summed E-state index contributed by atoms with van der Waals surface area (Å²) in [5.74, 6) is 1.50. The molecule has 106 valence electrons. The molecule has 0 spiro atoms. The fourth-order valence-electron chi connectivity index (χ4n) is 1.74. The molecule has 0 aliphatic heterocycles. The van der Waals surface area contributed by atoms with Crippen LogP contribution in [-0.4, -0.2) is 20.3 Å². The molecule has 0 radical (unpaired) electrons. The molecule has 0 saturated carbocycles. The minimum Gasteiger partial charge on any atom is -0.493 e. The molecule has 0 aliphatic rings. The third-order valence-corrected chi connectivity index (χ3v) is 4.01. The summed E-state index contributed by atoms with van der Waals surface area (Å²) in [6.45, 7) is 1.24. The fraction of sp³-hybridized carbons (Fsp3) is 0.200. The Labute approximate surface area is 135 Å². The Hall–Kier alpha value is -1.20. The molecule has 2 aromatic carbocycles. The predicted molar refractivity (Wildman–Crippen MR) is 88.8 cm³/mol. The van der Waals surface area contributed by atoms with E-state index in [1.165, 1.54) is 0 Å². The van der Waals surface area contributed by atoms with Gasteiger partial charge < -0.3 is 14.8 Å². The van der Waals surface area contributed by atoms with E-state index < -0.39 is 0 Å². The monoisotopic (exact) mass is 399 g/mol. The molecule has 0 atom stereocenters. The third-order valence-electron chi connectivity index (χ3n) is 2.69. The lowest BCUT2D eigenvalue weighted by atomic mass is 10.3. The van der Waals surface area contributed by atoms with Crippen LogP contribution in [0.25, 0.3) is 0 Å². The highest BCUT2D eigenvalue weighted by atomic mass is 79.9. The van der Waals surface area contributed by atoms with E-state index in [0.29, 0.717) is 13.2 Å². The van der Waals surface area contributed by atoms with Gasteiger partial charge in [-0.1, -0.05) is 18.2 Å². The van der Waals surface area contributed by atoms with Crippen molar-refractivity contribution in [2.75, 3.05) is 25.6 Å². The van der Waals surface area contributed by atoms with Crippen LogP contribution in [0.2, 0.25) is 0 Å². The number of nitrogens with one attached hydrogen (secondary N) is 1. The van der Waals surface area contributed by atoms with Crippen molar-refractivity contribution in [2.45, 2.75) is 0 Å². The van der Waals surface area contributed by atoms with Crippen LogP contribution in [0.5, 0.6) is 11.5 Å². The van der Waals surface area contributed by atoms with Crippen molar-refractivity contribution in [2.24, 2.45) is 0 Å². The van der Waals surface area contributed by atoms with Gasteiger partial charge in [-0.15, -0.1) is 0 Å². The molecule has 0 aliphatic carbocycles. The smallest absolute Gasteiger partial charge is 0.161 e. The van der Waals surface area contributed by atoms with Crippen molar-refractivity contribution < 1.29 is 9.47 Å². The number of hydrogen-bond donors (Lipinski definition) is 1. The summed E-state index contributed by atoms with van der Waals surface area (Å²) in [5.41, 5.74) is 1.02. The topological polar surface area (TPSA) is 30.5 Å². The molecule has 0 amide bonds. The molecule has 2 rings (SSSR count). The molecule has 0 unspecified atom stereocenters. The molecular formula is C15H15Br2NO2. The van der Waals surface area contributed by atoms with Crippen molar-refractivity contribution in [3.8, 4) is 11.5 Å². The van der Waals surface area contributed by atoms with Gasteiger partial charge in [-0.05, 0) is 56.1 Å². The van der Waals surface area contributed by atoms with Crippen LogP contribution < -0.4 is 14.8 Å². The second kappa shape index (κ2) is 7.55.